The summed E-state index contributed by atoms with van der Waals surface area (Å²) in [4.78, 5) is 25.2. The fourth-order valence-corrected chi connectivity index (χ4v) is 6.60. The van der Waals surface area contributed by atoms with E-state index in [1.165, 1.54) is 59.9 Å². The zero-order valence-corrected chi connectivity index (χ0v) is 18.8. The Bertz CT molecular complexity index is 777. The quantitative estimate of drug-likeness (QED) is 0.588. The van der Waals surface area contributed by atoms with E-state index in [1.54, 1.807) is 12.1 Å². The first-order valence-corrected chi connectivity index (χ1v) is 11.3. The van der Waals surface area contributed by atoms with Crippen LogP contribution in [0.25, 0.3) is 0 Å². The maximum absolute atomic E-state index is 12.6. The Labute approximate surface area is 184 Å². The molecule has 0 heterocycles. The number of carbonyl (C=O) groups is 2. The second kappa shape index (κ2) is 8.97. The van der Waals surface area contributed by atoms with Gasteiger partial charge < -0.3 is 24.8 Å². The van der Waals surface area contributed by atoms with Crippen molar-refractivity contribution < 1.29 is 23.8 Å². The van der Waals surface area contributed by atoms with Gasteiger partial charge in [0.2, 0.25) is 11.7 Å². The molecule has 2 amide bonds. The highest BCUT2D eigenvalue weighted by atomic mass is 16.5. The predicted octanol–water partition coefficient (Wildman–Crippen LogP) is 3.16. The van der Waals surface area contributed by atoms with Gasteiger partial charge in [0.1, 0.15) is 0 Å². The van der Waals surface area contributed by atoms with Crippen molar-refractivity contribution in [3.8, 4) is 17.2 Å². The van der Waals surface area contributed by atoms with Gasteiger partial charge in [-0.2, -0.15) is 0 Å². The van der Waals surface area contributed by atoms with Crippen LogP contribution in [0.15, 0.2) is 12.1 Å². The second-order valence-electron chi connectivity index (χ2n) is 9.61. The number of ether oxygens (including phenoxy) is 3. The summed E-state index contributed by atoms with van der Waals surface area (Å²) in [5.74, 6) is 3.69. The molecule has 4 aliphatic rings. The molecule has 5 rings (SSSR count). The first-order valence-electron chi connectivity index (χ1n) is 11.3. The van der Waals surface area contributed by atoms with Gasteiger partial charge in [0.15, 0.2) is 11.5 Å². The molecule has 0 aromatic heterocycles. The molecule has 0 spiro atoms. The number of hydrogen-bond acceptors (Lipinski definition) is 5. The first kappa shape index (κ1) is 21.8. The van der Waals surface area contributed by atoms with Crippen LogP contribution in [0.4, 0.5) is 0 Å². The second-order valence-corrected chi connectivity index (χ2v) is 9.61. The highest BCUT2D eigenvalue weighted by Gasteiger charge is 2.51. The Morgan fingerprint density at radius 1 is 0.871 bits per heavy atom. The van der Waals surface area contributed by atoms with Crippen molar-refractivity contribution in [3.63, 3.8) is 0 Å². The zero-order valence-electron chi connectivity index (χ0n) is 18.8. The normalized spacial score (nSPS) is 28.2. The van der Waals surface area contributed by atoms with E-state index in [2.05, 4.69) is 10.6 Å². The summed E-state index contributed by atoms with van der Waals surface area (Å²) in [7, 11) is 4.54. The van der Waals surface area contributed by atoms with Crippen molar-refractivity contribution in [1.29, 1.82) is 0 Å². The van der Waals surface area contributed by atoms with Crippen LogP contribution >= 0.6 is 0 Å². The van der Waals surface area contributed by atoms with Crippen molar-refractivity contribution in [2.24, 2.45) is 23.2 Å². The average Bonchev–Trinajstić information content (AvgIpc) is 2.74. The van der Waals surface area contributed by atoms with Crippen molar-refractivity contribution in [1.82, 2.24) is 10.6 Å². The largest absolute Gasteiger partial charge is 0.493 e. The third-order valence-electron chi connectivity index (χ3n) is 7.36. The minimum absolute atomic E-state index is 0.115. The van der Waals surface area contributed by atoms with E-state index in [1.807, 2.05) is 0 Å². The molecule has 0 unspecified atom stereocenters. The Hall–Kier alpha value is -2.44. The SMILES string of the molecule is COc1cc(C(=O)NCCNC(=O)CC23CC4CC(CC(C4)C2)C3)cc(OC)c1OC. The third-order valence-corrected chi connectivity index (χ3v) is 7.36. The van der Waals surface area contributed by atoms with Crippen LogP contribution in [0, 0.1) is 23.2 Å². The third kappa shape index (κ3) is 4.60. The van der Waals surface area contributed by atoms with Gasteiger partial charge in [-0.1, -0.05) is 0 Å². The Morgan fingerprint density at radius 3 is 1.87 bits per heavy atom. The van der Waals surface area contributed by atoms with Crippen LogP contribution in [-0.4, -0.2) is 46.2 Å². The van der Waals surface area contributed by atoms with Crippen LogP contribution in [-0.2, 0) is 4.79 Å². The first-order chi connectivity index (χ1) is 14.9. The molecular formula is C24H34N2O5. The standard InChI is InChI=1S/C24H34N2O5/c1-29-19-9-18(10-20(30-2)22(19)31-3)23(28)26-5-4-25-21(27)14-24-11-15-6-16(12-24)8-17(7-15)13-24/h9-10,15-17H,4-8,11-14H2,1-3H3,(H,25,27)(H,26,28). The molecule has 7 heteroatoms. The van der Waals surface area contributed by atoms with Gasteiger partial charge in [-0.25, -0.2) is 0 Å². The van der Waals surface area contributed by atoms with Gasteiger partial charge in [0.25, 0.3) is 5.91 Å². The molecular weight excluding hydrogens is 396 g/mol. The van der Waals surface area contributed by atoms with E-state index in [-0.39, 0.29) is 17.2 Å². The number of methoxy groups -OCH3 is 3. The lowest BCUT2D eigenvalue weighted by atomic mass is 9.49. The summed E-state index contributed by atoms with van der Waals surface area (Å²) in [6, 6.07) is 3.23. The highest BCUT2D eigenvalue weighted by molar-refractivity contribution is 5.95. The number of benzene rings is 1. The smallest absolute Gasteiger partial charge is 0.251 e. The topological polar surface area (TPSA) is 85.9 Å². The molecule has 2 N–H and O–H groups in total. The molecule has 4 bridgehead atoms. The maximum atomic E-state index is 12.6. The fourth-order valence-electron chi connectivity index (χ4n) is 6.60. The molecule has 7 nitrogen and oxygen atoms in total. The molecule has 0 radical (unpaired) electrons. The summed E-state index contributed by atoms with van der Waals surface area (Å²) in [6.07, 6.45) is 8.46. The minimum Gasteiger partial charge on any atom is -0.493 e. The van der Waals surface area contributed by atoms with Crippen molar-refractivity contribution in [2.45, 2.75) is 44.9 Å². The number of hydrogen-bond donors (Lipinski definition) is 2. The number of carbonyl (C=O) groups excluding carboxylic acids is 2. The molecule has 0 saturated heterocycles. The van der Waals surface area contributed by atoms with Gasteiger partial charge in [-0.15, -0.1) is 0 Å². The molecule has 4 aliphatic carbocycles. The van der Waals surface area contributed by atoms with E-state index in [0.29, 0.717) is 42.3 Å². The average molecular weight is 431 g/mol. The monoisotopic (exact) mass is 430 g/mol. The Kier molecular flexibility index (Phi) is 6.30. The van der Waals surface area contributed by atoms with Gasteiger partial charge in [-0.05, 0) is 73.8 Å². The van der Waals surface area contributed by atoms with E-state index in [4.69, 9.17) is 14.2 Å². The lowest BCUT2D eigenvalue weighted by molar-refractivity contribution is -0.129. The summed E-state index contributed by atoms with van der Waals surface area (Å²) in [6.45, 7) is 0.781. The van der Waals surface area contributed by atoms with Gasteiger partial charge in [0, 0.05) is 25.1 Å². The van der Waals surface area contributed by atoms with Crippen LogP contribution < -0.4 is 24.8 Å². The van der Waals surface area contributed by atoms with Crippen LogP contribution in [0.3, 0.4) is 0 Å². The zero-order chi connectivity index (χ0) is 22.0. The minimum atomic E-state index is -0.255. The van der Waals surface area contributed by atoms with Crippen molar-refractivity contribution >= 4 is 11.8 Å². The molecule has 4 fully saturated rings. The van der Waals surface area contributed by atoms with E-state index in [9.17, 15) is 9.59 Å². The maximum Gasteiger partial charge on any atom is 0.251 e. The van der Waals surface area contributed by atoms with Crippen molar-refractivity contribution in [2.75, 3.05) is 34.4 Å². The molecule has 0 aliphatic heterocycles. The Balaban J connectivity index is 1.25. The van der Waals surface area contributed by atoms with E-state index >= 15 is 0 Å². The van der Waals surface area contributed by atoms with Gasteiger partial charge >= 0.3 is 0 Å². The van der Waals surface area contributed by atoms with Gasteiger partial charge in [-0.3, -0.25) is 9.59 Å². The lowest BCUT2D eigenvalue weighted by Crippen LogP contribution is -2.48. The molecule has 0 atom stereocenters. The number of rotatable bonds is 9. The van der Waals surface area contributed by atoms with Crippen LogP contribution in [0.1, 0.15) is 55.3 Å². The van der Waals surface area contributed by atoms with E-state index < -0.39 is 0 Å². The Morgan fingerprint density at radius 2 is 1.39 bits per heavy atom. The summed E-state index contributed by atoms with van der Waals surface area (Å²) in [5, 5.41) is 5.85. The van der Waals surface area contributed by atoms with Gasteiger partial charge in [0.05, 0.1) is 21.3 Å². The lowest BCUT2D eigenvalue weighted by Gasteiger charge is -2.56. The molecule has 1 aromatic rings. The van der Waals surface area contributed by atoms with Crippen LogP contribution in [0.5, 0.6) is 17.2 Å². The molecule has 1 aromatic carbocycles. The number of nitrogens with one attached hydrogen (secondary N) is 2. The fraction of sp³-hybridized carbons (Fsp3) is 0.667. The summed E-state index contributed by atoms with van der Waals surface area (Å²) in [5.41, 5.74) is 0.646. The van der Waals surface area contributed by atoms with Crippen LogP contribution in [0.2, 0.25) is 0 Å². The number of amides is 2. The van der Waals surface area contributed by atoms with Crippen molar-refractivity contribution in [3.05, 3.63) is 17.7 Å². The summed E-state index contributed by atoms with van der Waals surface area (Å²) >= 11 is 0. The molecule has 31 heavy (non-hydrogen) atoms. The molecule has 4 saturated carbocycles. The van der Waals surface area contributed by atoms with E-state index in [0.717, 1.165) is 17.8 Å². The summed E-state index contributed by atoms with van der Waals surface area (Å²) < 4.78 is 15.9. The predicted molar refractivity (Wildman–Crippen MR) is 117 cm³/mol. The highest BCUT2D eigenvalue weighted by Crippen LogP contribution is 2.61. The molecule has 170 valence electrons.